The van der Waals surface area contributed by atoms with E-state index in [0.29, 0.717) is 23.4 Å². The summed E-state index contributed by atoms with van der Waals surface area (Å²) in [6, 6.07) is 1.79. The third-order valence-electron chi connectivity index (χ3n) is 2.05. The molecule has 0 aliphatic heterocycles. The SMILES string of the molecule is CCCCCOc1cc(CCl)c(Cl)cn1. The normalized spacial score (nSPS) is 10.3. The summed E-state index contributed by atoms with van der Waals surface area (Å²) in [6.07, 6.45) is 4.99. The number of nitrogens with zero attached hydrogens (tertiary/aromatic N) is 1. The third-order valence-corrected chi connectivity index (χ3v) is 2.68. The van der Waals surface area contributed by atoms with Gasteiger partial charge in [0.1, 0.15) is 0 Å². The van der Waals surface area contributed by atoms with Gasteiger partial charge in [0, 0.05) is 18.1 Å². The molecule has 1 aromatic rings. The molecule has 0 atom stereocenters. The Morgan fingerprint density at radius 3 is 2.87 bits per heavy atom. The Hall–Kier alpha value is -0.470. The fraction of sp³-hybridized carbons (Fsp3) is 0.545. The number of halogens is 2. The van der Waals surface area contributed by atoms with Gasteiger partial charge in [-0.3, -0.25) is 0 Å². The molecule has 84 valence electrons. The number of pyridine rings is 1. The van der Waals surface area contributed by atoms with Crippen molar-refractivity contribution in [3.05, 3.63) is 22.8 Å². The summed E-state index contributed by atoms with van der Waals surface area (Å²) in [7, 11) is 0. The highest BCUT2D eigenvalue weighted by Crippen LogP contribution is 2.20. The molecule has 0 aliphatic carbocycles. The third kappa shape index (κ3) is 4.27. The van der Waals surface area contributed by atoms with Gasteiger partial charge in [0.25, 0.3) is 0 Å². The van der Waals surface area contributed by atoms with Crippen molar-refractivity contribution < 1.29 is 4.74 Å². The molecule has 0 aromatic carbocycles. The first-order valence-electron chi connectivity index (χ1n) is 5.11. The first-order chi connectivity index (χ1) is 7.27. The Morgan fingerprint density at radius 2 is 2.20 bits per heavy atom. The van der Waals surface area contributed by atoms with Crippen LogP contribution in [0.5, 0.6) is 5.88 Å². The summed E-state index contributed by atoms with van der Waals surface area (Å²) < 4.78 is 5.48. The van der Waals surface area contributed by atoms with Crippen LogP contribution in [-0.2, 0) is 5.88 Å². The number of hydrogen-bond acceptors (Lipinski definition) is 2. The van der Waals surface area contributed by atoms with Crippen LogP contribution < -0.4 is 4.74 Å². The molecule has 0 N–H and O–H groups in total. The summed E-state index contributed by atoms with van der Waals surface area (Å²) in [6.45, 7) is 2.86. The molecule has 0 bridgehead atoms. The zero-order chi connectivity index (χ0) is 11.1. The van der Waals surface area contributed by atoms with Crippen LogP contribution in [0.25, 0.3) is 0 Å². The van der Waals surface area contributed by atoms with Crippen LogP contribution in [0.4, 0.5) is 0 Å². The summed E-state index contributed by atoms with van der Waals surface area (Å²) in [4.78, 5) is 4.07. The highest BCUT2D eigenvalue weighted by atomic mass is 35.5. The minimum Gasteiger partial charge on any atom is -0.478 e. The number of rotatable bonds is 6. The number of hydrogen-bond donors (Lipinski definition) is 0. The van der Waals surface area contributed by atoms with Crippen LogP contribution in [0.1, 0.15) is 31.7 Å². The molecule has 15 heavy (non-hydrogen) atoms. The zero-order valence-electron chi connectivity index (χ0n) is 8.80. The van der Waals surface area contributed by atoms with Crippen molar-refractivity contribution >= 4 is 23.2 Å². The lowest BCUT2D eigenvalue weighted by Gasteiger charge is -2.06. The van der Waals surface area contributed by atoms with E-state index in [1.807, 2.05) is 0 Å². The lowest BCUT2D eigenvalue weighted by molar-refractivity contribution is 0.295. The van der Waals surface area contributed by atoms with E-state index in [-0.39, 0.29) is 0 Å². The topological polar surface area (TPSA) is 22.1 Å². The minimum atomic E-state index is 0.382. The van der Waals surface area contributed by atoms with E-state index in [1.165, 1.54) is 12.8 Å². The highest BCUT2D eigenvalue weighted by molar-refractivity contribution is 6.32. The van der Waals surface area contributed by atoms with Crippen molar-refractivity contribution in [1.82, 2.24) is 4.98 Å². The second-order valence-corrected chi connectivity index (χ2v) is 3.98. The molecule has 2 nitrogen and oxygen atoms in total. The average Bonchev–Trinajstić information content (AvgIpc) is 2.26. The van der Waals surface area contributed by atoms with Gasteiger partial charge in [-0.2, -0.15) is 0 Å². The van der Waals surface area contributed by atoms with Crippen molar-refractivity contribution in [3.63, 3.8) is 0 Å². The van der Waals surface area contributed by atoms with Crippen LogP contribution in [0.3, 0.4) is 0 Å². The molecule has 0 saturated heterocycles. The Kier molecular flexibility index (Phi) is 5.81. The van der Waals surface area contributed by atoms with Crippen LogP contribution >= 0.6 is 23.2 Å². The van der Waals surface area contributed by atoms with Crippen molar-refractivity contribution in [2.75, 3.05) is 6.61 Å². The fourth-order valence-electron chi connectivity index (χ4n) is 1.17. The van der Waals surface area contributed by atoms with E-state index in [0.717, 1.165) is 12.0 Å². The Balaban J connectivity index is 2.47. The maximum Gasteiger partial charge on any atom is 0.213 e. The van der Waals surface area contributed by atoms with Crippen LogP contribution in [0.2, 0.25) is 5.02 Å². The van der Waals surface area contributed by atoms with E-state index in [2.05, 4.69) is 11.9 Å². The summed E-state index contributed by atoms with van der Waals surface area (Å²) in [5, 5.41) is 0.589. The summed E-state index contributed by atoms with van der Waals surface area (Å²) in [5.74, 6) is 0.985. The van der Waals surface area contributed by atoms with Crippen molar-refractivity contribution in [1.29, 1.82) is 0 Å². The van der Waals surface area contributed by atoms with Gasteiger partial charge in [-0.15, -0.1) is 11.6 Å². The molecule has 1 rings (SSSR count). The molecule has 1 aromatic heterocycles. The van der Waals surface area contributed by atoms with Gasteiger partial charge >= 0.3 is 0 Å². The van der Waals surface area contributed by atoms with E-state index in [4.69, 9.17) is 27.9 Å². The Labute approximate surface area is 101 Å². The zero-order valence-corrected chi connectivity index (χ0v) is 10.3. The van der Waals surface area contributed by atoms with E-state index >= 15 is 0 Å². The van der Waals surface area contributed by atoms with E-state index < -0.39 is 0 Å². The number of aromatic nitrogens is 1. The van der Waals surface area contributed by atoms with Gasteiger partial charge in [-0.25, -0.2) is 4.98 Å². The average molecular weight is 248 g/mol. The van der Waals surface area contributed by atoms with Crippen LogP contribution in [0, 0.1) is 0 Å². The largest absolute Gasteiger partial charge is 0.478 e. The van der Waals surface area contributed by atoms with Gasteiger partial charge in [0.05, 0.1) is 11.6 Å². The molecule has 4 heteroatoms. The highest BCUT2D eigenvalue weighted by Gasteiger charge is 2.02. The maximum atomic E-state index is 5.88. The smallest absolute Gasteiger partial charge is 0.213 e. The molecule has 0 fully saturated rings. The molecular formula is C11H15Cl2NO. The fourth-order valence-corrected chi connectivity index (χ4v) is 1.63. The van der Waals surface area contributed by atoms with Crippen molar-refractivity contribution in [2.45, 2.75) is 32.1 Å². The molecule has 0 amide bonds. The van der Waals surface area contributed by atoms with Gasteiger partial charge in [0.15, 0.2) is 0 Å². The van der Waals surface area contributed by atoms with Crippen LogP contribution in [0.15, 0.2) is 12.3 Å². The molecule has 0 spiro atoms. The quantitative estimate of drug-likeness (QED) is 0.559. The van der Waals surface area contributed by atoms with Crippen LogP contribution in [-0.4, -0.2) is 11.6 Å². The molecule has 0 unspecified atom stereocenters. The second kappa shape index (κ2) is 6.91. The lowest BCUT2D eigenvalue weighted by atomic mass is 10.3. The Bertz CT molecular complexity index is 305. The van der Waals surface area contributed by atoms with Gasteiger partial charge < -0.3 is 4.74 Å². The molecule has 1 heterocycles. The number of alkyl halides is 1. The standard InChI is InChI=1S/C11H15Cl2NO/c1-2-3-4-5-15-11-6-9(7-12)10(13)8-14-11/h6,8H,2-5,7H2,1H3. The van der Waals surface area contributed by atoms with Gasteiger partial charge in [-0.05, 0) is 12.0 Å². The molecule has 0 saturated carbocycles. The predicted octanol–water partition coefficient (Wildman–Crippen LogP) is 4.04. The molecular weight excluding hydrogens is 233 g/mol. The van der Waals surface area contributed by atoms with E-state index in [1.54, 1.807) is 12.3 Å². The maximum absolute atomic E-state index is 5.88. The van der Waals surface area contributed by atoms with Gasteiger partial charge in [-0.1, -0.05) is 31.4 Å². The predicted molar refractivity (Wildman–Crippen MR) is 63.8 cm³/mol. The second-order valence-electron chi connectivity index (χ2n) is 3.30. The summed E-state index contributed by atoms with van der Waals surface area (Å²) >= 11 is 11.6. The monoisotopic (exact) mass is 247 g/mol. The Morgan fingerprint density at radius 1 is 1.40 bits per heavy atom. The lowest BCUT2D eigenvalue weighted by Crippen LogP contribution is -1.99. The number of ether oxygens (including phenoxy) is 1. The van der Waals surface area contributed by atoms with Gasteiger partial charge in [0.2, 0.25) is 5.88 Å². The number of unbranched alkanes of at least 4 members (excludes halogenated alkanes) is 2. The molecule has 0 aliphatic rings. The first-order valence-corrected chi connectivity index (χ1v) is 6.02. The molecule has 0 radical (unpaired) electrons. The minimum absolute atomic E-state index is 0.382. The van der Waals surface area contributed by atoms with Crippen molar-refractivity contribution in [3.8, 4) is 5.88 Å². The van der Waals surface area contributed by atoms with Crippen molar-refractivity contribution in [2.24, 2.45) is 0 Å². The van der Waals surface area contributed by atoms with E-state index in [9.17, 15) is 0 Å². The first kappa shape index (κ1) is 12.6. The summed E-state index contributed by atoms with van der Waals surface area (Å²) in [5.41, 5.74) is 0.860.